The molecule has 1 aliphatic carbocycles. The molecule has 0 amide bonds. The topological polar surface area (TPSA) is 80.5 Å². The summed E-state index contributed by atoms with van der Waals surface area (Å²) in [6.07, 6.45) is 9.35. The molecule has 0 radical (unpaired) electrons. The van der Waals surface area contributed by atoms with Crippen molar-refractivity contribution in [3.63, 3.8) is 0 Å². The van der Waals surface area contributed by atoms with Crippen LogP contribution in [0.15, 0.2) is 47.4 Å². The number of benzene rings is 1. The van der Waals surface area contributed by atoms with Crippen molar-refractivity contribution >= 4 is 6.21 Å². The Morgan fingerprint density at radius 3 is 2.54 bits per heavy atom. The summed E-state index contributed by atoms with van der Waals surface area (Å²) >= 11 is 0. The van der Waals surface area contributed by atoms with Crippen molar-refractivity contribution < 1.29 is 4.74 Å². The van der Waals surface area contributed by atoms with E-state index in [1.165, 1.54) is 5.57 Å². The van der Waals surface area contributed by atoms with Gasteiger partial charge in [-0.2, -0.15) is 0 Å². The van der Waals surface area contributed by atoms with Crippen LogP contribution in [0.5, 0.6) is 5.75 Å². The zero-order chi connectivity index (χ0) is 18.9. The lowest BCUT2D eigenvalue weighted by Gasteiger charge is -2.28. The molecule has 1 aromatic carbocycles. The summed E-state index contributed by atoms with van der Waals surface area (Å²) in [5, 5.41) is 14.7. The molecule has 146 valence electrons. The lowest BCUT2D eigenvalue weighted by molar-refractivity contribution is 0.165. The number of aromatic nitrogens is 4. The first-order valence-corrected chi connectivity index (χ1v) is 10.0. The maximum absolute atomic E-state index is 6.26. The highest BCUT2D eigenvalue weighted by Gasteiger charge is 2.43. The molecule has 3 atom stereocenters. The molecule has 8 heteroatoms. The lowest BCUT2D eigenvalue weighted by Crippen LogP contribution is -2.43. The van der Waals surface area contributed by atoms with Crippen LogP contribution in [-0.4, -0.2) is 56.8 Å². The van der Waals surface area contributed by atoms with Crippen LogP contribution in [-0.2, 0) is 0 Å². The van der Waals surface area contributed by atoms with Gasteiger partial charge in [-0.15, -0.1) is 5.10 Å². The van der Waals surface area contributed by atoms with Crippen molar-refractivity contribution in [1.29, 1.82) is 0 Å². The predicted octanol–water partition coefficient (Wildman–Crippen LogP) is 2.00. The number of allylic oxidation sites excluding steroid dienone is 1. The Bertz CT molecular complexity index is 847. The Kier molecular flexibility index (Phi) is 4.56. The molecule has 3 unspecified atom stereocenters. The van der Waals surface area contributed by atoms with E-state index in [2.05, 4.69) is 43.9 Å². The molecule has 5 rings (SSSR count). The molecule has 3 heterocycles. The van der Waals surface area contributed by atoms with Crippen LogP contribution >= 0.6 is 0 Å². The van der Waals surface area contributed by atoms with Gasteiger partial charge in [0.25, 0.3) is 0 Å². The van der Waals surface area contributed by atoms with Gasteiger partial charge in [-0.1, -0.05) is 6.92 Å². The number of hydrogen-bond acceptors (Lipinski definition) is 7. The van der Waals surface area contributed by atoms with Crippen LogP contribution in [0.25, 0.3) is 5.69 Å². The quantitative estimate of drug-likeness (QED) is 0.856. The molecule has 2 aromatic rings. The Hall–Kier alpha value is -2.74. The monoisotopic (exact) mass is 379 g/mol. The second-order valence-electron chi connectivity index (χ2n) is 7.82. The van der Waals surface area contributed by atoms with Gasteiger partial charge in [0, 0.05) is 25.5 Å². The molecule has 0 bridgehead atoms. The number of aliphatic imine (C=N–C) groups is 1. The molecule has 2 aliphatic heterocycles. The largest absolute Gasteiger partial charge is 0.490 e. The van der Waals surface area contributed by atoms with E-state index >= 15 is 0 Å². The standard InChI is InChI=1S/C20H25N7O/c1-2-14-9-21-20(22-10-14)26-11-15-7-19(8-16(15)12-26)28-18-5-3-17(4-6-18)27-13-23-24-25-27/h3-6,9-10,13,15-16,19-21H,2,7-8,11-12H2,1H3. The molecule has 3 aliphatic rings. The second-order valence-corrected chi connectivity index (χ2v) is 7.82. The van der Waals surface area contributed by atoms with Crippen LogP contribution in [0, 0.1) is 11.8 Å². The summed E-state index contributed by atoms with van der Waals surface area (Å²) in [4.78, 5) is 7.15. The number of rotatable bonds is 5. The fourth-order valence-corrected chi connectivity index (χ4v) is 4.55. The smallest absolute Gasteiger partial charge is 0.175 e. The van der Waals surface area contributed by atoms with E-state index < -0.39 is 0 Å². The summed E-state index contributed by atoms with van der Waals surface area (Å²) in [6, 6.07) is 7.95. The molecule has 1 aromatic heterocycles. The number of nitrogens with one attached hydrogen (secondary N) is 1. The predicted molar refractivity (Wildman–Crippen MR) is 105 cm³/mol. The van der Waals surface area contributed by atoms with Crippen LogP contribution in [0.2, 0.25) is 0 Å². The molecular weight excluding hydrogens is 354 g/mol. The van der Waals surface area contributed by atoms with Gasteiger partial charge in [0.1, 0.15) is 12.1 Å². The fourth-order valence-electron chi connectivity index (χ4n) is 4.55. The van der Waals surface area contributed by atoms with Gasteiger partial charge in [0.2, 0.25) is 0 Å². The SMILES string of the molecule is CCC1=CNC(N2CC3CC(Oc4ccc(-n5cnnn5)cc4)CC3C2)N=C1. The normalized spacial score (nSPS) is 29.4. The number of fused-ring (bicyclic) bond motifs is 1. The van der Waals surface area contributed by atoms with Crippen molar-refractivity contribution in [2.75, 3.05) is 13.1 Å². The van der Waals surface area contributed by atoms with Crippen LogP contribution in [0.1, 0.15) is 26.2 Å². The minimum absolute atomic E-state index is 0.0964. The summed E-state index contributed by atoms with van der Waals surface area (Å²) < 4.78 is 7.90. The van der Waals surface area contributed by atoms with Gasteiger partial charge in [-0.3, -0.25) is 9.89 Å². The summed E-state index contributed by atoms with van der Waals surface area (Å²) in [5.74, 6) is 2.30. The highest BCUT2D eigenvalue weighted by Crippen LogP contribution is 2.40. The Balaban J connectivity index is 1.14. The molecule has 1 saturated heterocycles. The van der Waals surface area contributed by atoms with Gasteiger partial charge >= 0.3 is 0 Å². The summed E-state index contributed by atoms with van der Waals surface area (Å²) in [7, 11) is 0. The van der Waals surface area contributed by atoms with Crippen molar-refractivity contribution in [3.8, 4) is 11.4 Å². The average molecular weight is 379 g/mol. The third-order valence-electron chi connectivity index (χ3n) is 6.04. The number of tetrazole rings is 1. The van der Waals surface area contributed by atoms with E-state index in [9.17, 15) is 0 Å². The third-order valence-corrected chi connectivity index (χ3v) is 6.04. The molecule has 1 N–H and O–H groups in total. The number of hydrogen-bond donors (Lipinski definition) is 1. The van der Waals surface area contributed by atoms with Crippen LogP contribution in [0.3, 0.4) is 0 Å². The molecule has 2 fully saturated rings. The van der Waals surface area contributed by atoms with E-state index in [0.29, 0.717) is 17.9 Å². The first-order chi connectivity index (χ1) is 13.8. The van der Waals surface area contributed by atoms with Crippen molar-refractivity contribution in [2.24, 2.45) is 16.8 Å². The van der Waals surface area contributed by atoms with Gasteiger partial charge in [0.05, 0.1) is 11.8 Å². The Labute approximate surface area is 164 Å². The molecule has 0 spiro atoms. The van der Waals surface area contributed by atoms with E-state index in [1.54, 1.807) is 11.0 Å². The van der Waals surface area contributed by atoms with Gasteiger partial charge < -0.3 is 10.1 Å². The average Bonchev–Trinajstić information content (AvgIpc) is 3.45. The zero-order valence-electron chi connectivity index (χ0n) is 16.0. The van der Waals surface area contributed by atoms with Gasteiger partial charge in [0.15, 0.2) is 6.29 Å². The zero-order valence-corrected chi connectivity index (χ0v) is 16.0. The number of nitrogens with zero attached hydrogens (tertiary/aromatic N) is 6. The minimum atomic E-state index is 0.0964. The second kappa shape index (κ2) is 7.35. The molecule has 1 saturated carbocycles. The van der Waals surface area contributed by atoms with Gasteiger partial charge in [-0.05, 0) is 71.4 Å². The first kappa shape index (κ1) is 17.4. The summed E-state index contributed by atoms with van der Waals surface area (Å²) in [5.41, 5.74) is 2.19. The Morgan fingerprint density at radius 1 is 1.14 bits per heavy atom. The third kappa shape index (κ3) is 3.40. The van der Waals surface area contributed by atoms with Crippen LogP contribution in [0.4, 0.5) is 0 Å². The minimum Gasteiger partial charge on any atom is -0.490 e. The maximum atomic E-state index is 6.26. The van der Waals surface area contributed by atoms with Crippen molar-refractivity contribution in [2.45, 2.75) is 38.6 Å². The highest BCUT2D eigenvalue weighted by molar-refractivity contribution is 5.79. The molecule has 28 heavy (non-hydrogen) atoms. The van der Waals surface area contributed by atoms with Crippen LogP contribution < -0.4 is 10.1 Å². The Morgan fingerprint density at radius 2 is 1.93 bits per heavy atom. The summed E-state index contributed by atoms with van der Waals surface area (Å²) in [6.45, 7) is 4.33. The lowest BCUT2D eigenvalue weighted by atomic mass is 10.0. The highest BCUT2D eigenvalue weighted by atomic mass is 16.5. The van der Waals surface area contributed by atoms with E-state index in [1.807, 2.05) is 30.5 Å². The van der Waals surface area contributed by atoms with Crippen molar-refractivity contribution in [3.05, 3.63) is 42.4 Å². The molecular formula is C20H25N7O. The fraction of sp³-hybridized carbons (Fsp3) is 0.500. The van der Waals surface area contributed by atoms with Crippen molar-refractivity contribution in [1.82, 2.24) is 30.4 Å². The number of ether oxygens (including phenoxy) is 1. The van der Waals surface area contributed by atoms with Gasteiger partial charge in [-0.25, -0.2) is 4.68 Å². The maximum Gasteiger partial charge on any atom is 0.175 e. The van der Waals surface area contributed by atoms with E-state index in [0.717, 1.165) is 43.8 Å². The van der Waals surface area contributed by atoms with E-state index in [4.69, 9.17) is 4.74 Å². The van der Waals surface area contributed by atoms with E-state index in [-0.39, 0.29) is 6.29 Å². The first-order valence-electron chi connectivity index (χ1n) is 10.0. The number of likely N-dealkylation sites (tertiary alicyclic amines) is 1. The molecule has 8 nitrogen and oxygen atoms in total.